The zero-order chi connectivity index (χ0) is 9.00. The van der Waals surface area contributed by atoms with Crippen molar-refractivity contribution in [2.24, 2.45) is 29.6 Å². The zero-order valence-electron chi connectivity index (χ0n) is 8.07. The van der Waals surface area contributed by atoms with E-state index in [-0.39, 0.29) is 0 Å². The van der Waals surface area contributed by atoms with Crippen LogP contribution in [0.15, 0.2) is 12.2 Å². The molecule has 0 aliphatic heterocycles. The number of fused-ring (bicyclic) bond motifs is 5. The molecule has 0 N–H and O–H groups in total. The largest absolute Gasteiger partial charge is 0.299 e. The third-order valence-corrected chi connectivity index (χ3v) is 4.47. The molecule has 0 aromatic heterocycles. The fourth-order valence-electron chi connectivity index (χ4n) is 3.81. The number of ketones is 1. The van der Waals surface area contributed by atoms with E-state index >= 15 is 0 Å². The first-order valence-corrected chi connectivity index (χ1v) is 5.46. The summed E-state index contributed by atoms with van der Waals surface area (Å²) in [5, 5.41) is 0. The van der Waals surface area contributed by atoms with Crippen LogP contribution >= 0.6 is 0 Å². The number of carbonyl (C=O) groups excluding carboxylic acids is 1. The monoisotopic (exact) mass is 176 g/mol. The fraction of sp³-hybridized carbons (Fsp3) is 0.750. The molecule has 1 nitrogen and oxygen atoms in total. The van der Waals surface area contributed by atoms with Crippen LogP contribution in [0.3, 0.4) is 0 Å². The van der Waals surface area contributed by atoms with Gasteiger partial charge in [0.25, 0.3) is 0 Å². The summed E-state index contributed by atoms with van der Waals surface area (Å²) in [6.07, 6.45) is 7.89. The highest BCUT2D eigenvalue weighted by molar-refractivity contribution is 5.83. The molecule has 3 rings (SSSR count). The van der Waals surface area contributed by atoms with E-state index in [0.29, 0.717) is 23.5 Å². The lowest BCUT2D eigenvalue weighted by atomic mass is 9.78. The number of Topliss-reactive ketones (excluding diaryl/α,β-unsaturated/α-hetero) is 1. The van der Waals surface area contributed by atoms with E-state index in [1.54, 1.807) is 0 Å². The average Bonchev–Trinajstić information content (AvgIpc) is 2.58. The molecular weight excluding hydrogens is 160 g/mol. The summed E-state index contributed by atoms with van der Waals surface area (Å²) in [7, 11) is 0. The maximum absolute atomic E-state index is 11.8. The molecule has 0 aromatic carbocycles. The molecule has 0 aromatic rings. The van der Waals surface area contributed by atoms with E-state index in [4.69, 9.17) is 0 Å². The molecule has 1 heteroatoms. The Hall–Kier alpha value is -0.590. The van der Waals surface area contributed by atoms with Crippen molar-refractivity contribution < 1.29 is 4.79 Å². The Labute approximate surface area is 79.2 Å². The van der Waals surface area contributed by atoms with E-state index < -0.39 is 0 Å². The molecule has 2 fully saturated rings. The second kappa shape index (κ2) is 2.46. The number of rotatable bonds is 0. The Morgan fingerprint density at radius 1 is 1.38 bits per heavy atom. The van der Waals surface area contributed by atoms with Gasteiger partial charge in [-0.05, 0) is 36.5 Å². The molecule has 70 valence electrons. The van der Waals surface area contributed by atoms with Gasteiger partial charge in [0.15, 0.2) is 0 Å². The number of hydrogen-bond acceptors (Lipinski definition) is 1. The lowest BCUT2D eigenvalue weighted by Gasteiger charge is -2.26. The topological polar surface area (TPSA) is 17.1 Å². The van der Waals surface area contributed by atoms with Gasteiger partial charge in [0, 0.05) is 12.3 Å². The Kier molecular flexibility index (Phi) is 1.47. The molecule has 5 atom stereocenters. The standard InChI is InChI=1S/C12H16O/c1-7-5-12(13)11-6-10(7)8-3-2-4-9(8)11/h2-3,7-11H,4-6H2,1H3/t7-,8-,9+,10+,11+/m0/s1. The molecule has 0 saturated heterocycles. The summed E-state index contributed by atoms with van der Waals surface area (Å²) in [6, 6.07) is 0. The van der Waals surface area contributed by atoms with E-state index in [0.717, 1.165) is 18.3 Å². The van der Waals surface area contributed by atoms with Crippen LogP contribution in [0.5, 0.6) is 0 Å². The minimum absolute atomic E-state index is 0.432. The zero-order valence-corrected chi connectivity index (χ0v) is 8.07. The number of hydrogen-bond donors (Lipinski definition) is 0. The Balaban J connectivity index is 1.98. The molecule has 0 radical (unpaired) electrons. The van der Waals surface area contributed by atoms with Crippen molar-refractivity contribution in [1.82, 2.24) is 0 Å². The van der Waals surface area contributed by atoms with Crippen LogP contribution in [0, 0.1) is 29.6 Å². The molecule has 0 unspecified atom stereocenters. The van der Waals surface area contributed by atoms with Gasteiger partial charge < -0.3 is 0 Å². The summed E-state index contributed by atoms with van der Waals surface area (Å²) in [4.78, 5) is 11.8. The molecule has 3 aliphatic rings. The van der Waals surface area contributed by atoms with Crippen molar-refractivity contribution in [1.29, 1.82) is 0 Å². The lowest BCUT2D eigenvalue weighted by molar-refractivity contribution is -0.126. The van der Waals surface area contributed by atoms with E-state index in [1.807, 2.05) is 0 Å². The quantitative estimate of drug-likeness (QED) is 0.518. The normalized spacial score (nSPS) is 52.7. The van der Waals surface area contributed by atoms with Crippen molar-refractivity contribution >= 4 is 5.78 Å². The van der Waals surface area contributed by atoms with Gasteiger partial charge >= 0.3 is 0 Å². The van der Waals surface area contributed by atoms with Gasteiger partial charge in [0.05, 0.1) is 0 Å². The predicted octanol–water partition coefficient (Wildman–Crippen LogP) is 2.42. The van der Waals surface area contributed by atoms with Crippen molar-refractivity contribution in [3.63, 3.8) is 0 Å². The predicted molar refractivity (Wildman–Crippen MR) is 51.1 cm³/mol. The second-order valence-corrected chi connectivity index (χ2v) is 5.06. The van der Waals surface area contributed by atoms with Crippen molar-refractivity contribution in [2.75, 3.05) is 0 Å². The van der Waals surface area contributed by atoms with Crippen LogP contribution in [0.25, 0.3) is 0 Å². The van der Waals surface area contributed by atoms with Gasteiger partial charge in [-0.15, -0.1) is 0 Å². The lowest BCUT2D eigenvalue weighted by Crippen LogP contribution is -2.25. The van der Waals surface area contributed by atoms with Gasteiger partial charge in [-0.3, -0.25) is 4.79 Å². The molecular formula is C12H16O. The van der Waals surface area contributed by atoms with Crippen LogP contribution in [0.2, 0.25) is 0 Å². The minimum Gasteiger partial charge on any atom is -0.299 e. The van der Waals surface area contributed by atoms with Crippen molar-refractivity contribution in [3.8, 4) is 0 Å². The summed E-state index contributed by atoms with van der Waals surface area (Å²) in [5.41, 5.74) is 0. The van der Waals surface area contributed by atoms with Crippen LogP contribution in [-0.2, 0) is 4.79 Å². The first-order chi connectivity index (χ1) is 6.27. The van der Waals surface area contributed by atoms with E-state index in [1.165, 1.54) is 12.8 Å². The second-order valence-electron chi connectivity index (χ2n) is 5.06. The maximum atomic E-state index is 11.8. The molecule has 13 heavy (non-hydrogen) atoms. The third-order valence-electron chi connectivity index (χ3n) is 4.47. The molecule has 0 amide bonds. The van der Waals surface area contributed by atoms with Crippen LogP contribution < -0.4 is 0 Å². The summed E-state index contributed by atoms with van der Waals surface area (Å²) >= 11 is 0. The Morgan fingerprint density at radius 2 is 2.23 bits per heavy atom. The average molecular weight is 176 g/mol. The highest BCUT2D eigenvalue weighted by atomic mass is 16.1. The van der Waals surface area contributed by atoms with Gasteiger partial charge in [0.2, 0.25) is 0 Å². The van der Waals surface area contributed by atoms with Crippen molar-refractivity contribution in [2.45, 2.75) is 26.2 Å². The molecule has 2 bridgehead atoms. The molecule has 3 aliphatic carbocycles. The molecule has 2 saturated carbocycles. The summed E-state index contributed by atoms with van der Waals surface area (Å²) in [6.45, 7) is 2.26. The van der Waals surface area contributed by atoms with E-state index in [9.17, 15) is 4.79 Å². The van der Waals surface area contributed by atoms with Crippen LogP contribution in [0.1, 0.15) is 26.2 Å². The number of allylic oxidation sites excluding steroid dienone is 2. The van der Waals surface area contributed by atoms with E-state index in [2.05, 4.69) is 19.1 Å². The van der Waals surface area contributed by atoms with Gasteiger partial charge in [-0.1, -0.05) is 19.1 Å². The first kappa shape index (κ1) is 7.78. The van der Waals surface area contributed by atoms with Gasteiger partial charge in [0.1, 0.15) is 5.78 Å². The summed E-state index contributed by atoms with van der Waals surface area (Å²) in [5.74, 6) is 3.91. The highest BCUT2D eigenvalue weighted by Gasteiger charge is 2.51. The Morgan fingerprint density at radius 3 is 3.08 bits per heavy atom. The van der Waals surface area contributed by atoms with Crippen molar-refractivity contribution in [3.05, 3.63) is 12.2 Å². The van der Waals surface area contributed by atoms with Crippen LogP contribution in [-0.4, -0.2) is 5.78 Å². The minimum atomic E-state index is 0.432. The number of carbonyl (C=O) groups is 1. The SMILES string of the molecule is C[C@H]1CC(=O)[C@@H]2C[C@H]1[C@H]1C=CC[C@H]12. The maximum Gasteiger partial charge on any atom is 0.136 e. The first-order valence-electron chi connectivity index (χ1n) is 5.46. The molecule has 0 heterocycles. The summed E-state index contributed by atoms with van der Waals surface area (Å²) < 4.78 is 0. The van der Waals surface area contributed by atoms with Gasteiger partial charge in [-0.2, -0.15) is 0 Å². The third kappa shape index (κ3) is 0.905. The smallest absolute Gasteiger partial charge is 0.136 e. The molecule has 0 spiro atoms. The van der Waals surface area contributed by atoms with Crippen LogP contribution in [0.4, 0.5) is 0 Å². The highest BCUT2D eigenvalue weighted by Crippen LogP contribution is 2.54. The fourth-order valence-corrected chi connectivity index (χ4v) is 3.81. The van der Waals surface area contributed by atoms with Gasteiger partial charge in [-0.25, -0.2) is 0 Å². The Bertz CT molecular complexity index is 279.